The van der Waals surface area contributed by atoms with Gasteiger partial charge >= 0.3 is 0 Å². The molecule has 0 atom stereocenters. The van der Waals surface area contributed by atoms with Crippen LogP contribution in [0.5, 0.6) is 11.5 Å². The number of likely N-dealkylation sites (N-methyl/N-ethyl adjacent to an activating group) is 1. The molecule has 0 bridgehead atoms. The molecule has 132 valence electrons. The van der Waals surface area contributed by atoms with Crippen LogP contribution in [0.1, 0.15) is 0 Å². The Balaban J connectivity index is 1.78. The van der Waals surface area contributed by atoms with Crippen LogP contribution in [0.15, 0.2) is 53.0 Å². The Labute approximate surface area is 154 Å². The third-order valence-corrected chi connectivity index (χ3v) is 3.88. The highest BCUT2D eigenvalue weighted by atomic mass is 79.9. The van der Waals surface area contributed by atoms with Gasteiger partial charge in [-0.1, -0.05) is 15.9 Å². The first kappa shape index (κ1) is 18.8. The predicted molar refractivity (Wildman–Crippen MR) is 98.9 cm³/mol. The summed E-state index contributed by atoms with van der Waals surface area (Å²) in [6.45, 7) is -0.192. The van der Waals surface area contributed by atoms with E-state index in [4.69, 9.17) is 9.47 Å². The Kier molecular flexibility index (Phi) is 6.82. The van der Waals surface area contributed by atoms with Gasteiger partial charge in [-0.05, 0) is 48.5 Å². The van der Waals surface area contributed by atoms with E-state index in [0.717, 1.165) is 4.47 Å². The van der Waals surface area contributed by atoms with E-state index in [1.165, 1.54) is 4.90 Å². The number of hydrogen-bond acceptors (Lipinski definition) is 4. The molecule has 0 aliphatic rings. The maximum atomic E-state index is 12.0. The summed E-state index contributed by atoms with van der Waals surface area (Å²) in [5, 5.41) is 2.72. The Morgan fingerprint density at radius 3 is 2.24 bits per heavy atom. The summed E-state index contributed by atoms with van der Waals surface area (Å²) >= 11 is 3.33. The molecule has 0 radical (unpaired) electrons. The number of anilines is 1. The second-order valence-corrected chi connectivity index (χ2v) is 6.18. The maximum Gasteiger partial charge on any atom is 0.260 e. The number of halogens is 1. The van der Waals surface area contributed by atoms with Crippen molar-refractivity contribution in [2.75, 3.05) is 32.6 Å². The summed E-state index contributed by atoms with van der Waals surface area (Å²) in [4.78, 5) is 25.4. The molecule has 0 fully saturated rings. The molecule has 7 heteroatoms. The molecule has 0 aliphatic heterocycles. The average molecular weight is 407 g/mol. The monoisotopic (exact) mass is 406 g/mol. The molecule has 0 heterocycles. The van der Waals surface area contributed by atoms with E-state index in [1.807, 2.05) is 12.1 Å². The molecule has 2 rings (SSSR count). The van der Waals surface area contributed by atoms with Crippen molar-refractivity contribution in [2.45, 2.75) is 0 Å². The van der Waals surface area contributed by atoms with Gasteiger partial charge in [-0.3, -0.25) is 9.59 Å². The minimum absolute atomic E-state index is 0.0610. The fourth-order valence-corrected chi connectivity index (χ4v) is 2.23. The molecule has 0 aliphatic carbocycles. The predicted octanol–water partition coefficient (Wildman–Crippen LogP) is 2.93. The average Bonchev–Trinajstić information content (AvgIpc) is 2.61. The summed E-state index contributed by atoms with van der Waals surface area (Å²) in [5.74, 6) is 0.723. The number of carbonyl (C=O) groups is 2. The minimum Gasteiger partial charge on any atom is -0.497 e. The van der Waals surface area contributed by atoms with Gasteiger partial charge in [0.25, 0.3) is 5.91 Å². The van der Waals surface area contributed by atoms with Gasteiger partial charge in [-0.15, -0.1) is 0 Å². The van der Waals surface area contributed by atoms with Crippen molar-refractivity contribution in [3.63, 3.8) is 0 Å². The molecule has 2 aromatic carbocycles. The van der Waals surface area contributed by atoms with Crippen molar-refractivity contribution in [1.82, 2.24) is 4.90 Å². The lowest BCUT2D eigenvalue weighted by Gasteiger charge is -2.17. The van der Waals surface area contributed by atoms with Crippen LogP contribution in [-0.4, -0.2) is 44.0 Å². The zero-order chi connectivity index (χ0) is 18.2. The number of nitrogens with one attached hydrogen (secondary N) is 1. The lowest BCUT2D eigenvalue weighted by Crippen LogP contribution is -2.37. The smallest absolute Gasteiger partial charge is 0.260 e. The van der Waals surface area contributed by atoms with Crippen molar-refractivity contribution < 1.29 is 19.1 Å². The summed E-state index contributed by atoms with van der Waals surface area (Å²) in [5.41, 5.74) is 0.637. The van der Waals surface area contributed by atoms with Crippen LogP contribution >= 0.6 is 15.9 Å². The van der Waals surface area contributed by atoms with Gasteiger partial charge in [0.15, 0.2) is 6.61 Å². The lowest BCUT2D eigenvalue weighted by atomic mass is 10.3. The van der Waals surface area contributed by atoms with Gasteiger partial charge in [0, 0.05) is 17.2 Å². The normalized spacial score (nSPS) is 10.0. The topological polar surface area (TPSA) is 67.9 Å². The zero-order valence-corrected chi connectivity index (χ0v) is 15.6. The summed E-state index contributed by atoms with van der Waals surface area (Å²) in [7, 11) is 3.13. The molecular formula is C18H19BrN2O4. The molecule has 0 aromatic heterocycles. The van der Waals surface area contributed by atoms with E-state index in [0.29, 0.717) is 17.2 Å². The fourth-order valence-electron chi connectivity index (χ4n) is 1.96. The van der Waals surface area contributed by atoms with Crippen LogP contribution < -0.4 is 14.8 Å². The van der Waals surface area contributed by atoms with Crippen LogP contribution in [0.3, 0.4) is 0 Å². The number of hydrogen-bond donors (Lipinski definition) is 1. The first-order valence-corrected chi connectivity index (χ1v) is 8.33. The molecule has 1 N–H and O–H groups in total. The SMILES string of the molecule is COc1ccc(NC(=O)CN(C)C(=O)COc2ccc(Br)cc2)cc1. The summed E-state index contributed by atoms with van der Waals surface area (Å²) in [6, 6.07) is 14.1. The van der Waals surface area contributed by atoms with E-state index in [9.17, 15) is 9.59 Å². The van der Waals surface area contributed by atoms with Crippen molar-refractivity contribution in [2.24, 2.45) is 0 Å². The van der Waals surface area contributed by atoms with Crippen LogP contribution in [0.25, 0.3) is 0 Å². The Morgan fingerprint density at radius 1 is 1.04 bits per heavy atom. The molecule has 0 unspecified atom stereocenters. The van der Waals surface area contributed by atoms with Crippen molar-refractivity contribution in [3.8, 4) is 11.5 Å². The van der Waals surface area contributed by atoms with E-state index in [1.54, 1.807) is 50.6 Å². The van der Waals surface area contributed by atoms with E-state index < -0.39 is 0 Å². The first-order valence-electron chi connectivity index (χ1n) is 7.54. The number of carbonyl (C=O) groups excluding carboxylic acids is 2. The molecule has 0 saturated heterocycles. The highest BCUT2D eigenvalue weighted by Crippen LogP contribution is 2.16. The Hall–Kier alpha value is -2.54. The highest BCUT2D eigenvalue weighted by molar-refractivity contribution is 9.10. The minimum atomic E-state index is -0.287. The molecule has 2 amide bonds. The number of rotatable bonds is 7. The lowest BCUT2D eigenvalue weighted by molar-refractivity contribution is -0.135. The zero-order valence-electron chi connectivity index (χ0n) is 14.0. The standard InChI is InChI=1S/C18H19BrN2O4/c1-21(18(23)12-25-16-7-3-13(19)4-8-16)11-17(22)20-14-5-9-15(24-2)10-6-14/h3-10H,11-12H2,1-2H3,(H,20,22). The number of nitrogens with zero attached hydrogens (tertiary/aromatic N) is 1. The summed E-state index contributed by atoms with van der Waals surface area (Å²) < 4.78 is 11.4. The number of benzene rings is 2. The van der Waals surface area contributed by atoms with E-state index in [-0.39, 0.29) is 25.0 Å². The second-order valence-electron chi connectivity index (χ2n) is 5.27. The first-order chi connectivity index (χ1) is 12.0. The van der Waals surface area contributed by atoms with Crippen LogP contribution in [0.4, 0.5) is 5.69 Å². The van der Waals surface area contributed by atoms with Gasteiger partial charge in [0.2, 0.25) is 5.91 Å². The van der Waals surface area contributed by atoms with Gasteiger partial charge in [0.05, 0.1) is 13.7 Å². The Bertz CT molecular complexity index is 717. The molecule has 0 saturated carbocycles. The number of ether oxygens (including phenoxy) is 2. The van der Waals surface area contributed by atoms with Crippen LogP contribution in [0, 0.1) is 0 Å². The highest BCUT2D eigenvalue weighted by Gasteiger charge is 2.14. The van der Waals surface area contributed by atoms with Crippen LogP contribution in [0.2, 0.25) is 0 Å². The van der Waals surface area contributed by atoms with E-state index in [2.05, 4.69) is 21.2 Å². The van der Waals surface area contributed by atoms with Gasteiger partial charge in [-0.2, -0.15) is 0 Å². The third kappa shape index (κ3) is 6.11. The van der Waals surface area contributed by atoms with Gasteiger partial charge in [-0.25, -0.2) is 0 Å². The molecule has 0 spiro atoms. The molecule has 25 heavy (non-hydrogen) atoms. The van der Waals surface area contributed by atoms with Crippen LogP contribution in [-0.2, 0) is 9.59 Å². The van der Waals surface area contributed by atoms with Crippen molar-refractivity contribution >= 4 is 33.4 Å². The van der Waals surface area contributed by atoms with Crippen molar-refractivity contribution in [3.05, 3.63) is 53.0 Å². The summed E-state index contributed by atoms with van der Waals surface area (Å²) in [6.07, 6.45) is 0. The Morgan fingerprint density at radius 2 is 1.64 bits per heavy atom. The largest absolute Gasteiger partial charge is 0.497 e. The maximum absolute atomic E-state index is 12.0. The fraction of sp³-hybridized carbons (Fsp3) is 0.222. The number of amides is 2. The number of methoxy groups -OCH3 is 1. The molecular weight excluding hydrogens is 388 g/mol. The second kappa shape index (κ2) is 9.08. The van der Waals surface area contributed by atoms with E-state index >= 15 is 0 Å². The van der Waals surface area contributed by atoms with Gasteiger partial charge in [0.1, 0.15) is 11.5 Å². The van der Waals surface area contributed by atoms with Crippen molar-refractivity contribution in [1.29, 1.82) is 0 Å². The molecule has 6 nitrogen and oxygen atoms in total. The van der Waals surface area contributed by atoms with Gasteiger partial charge < -0.3 is 19.7 Å². The quantitative estimate of drug-likeness (QED) is 0.767. The third-order valence-electron chi connectivity index (χ3n) is 3.36. The molecule has 2 aromatic rings.